The Morgan fingerprint density at radius 2 is 1.71 bits per heavy atom. The molecule has 2 heterocycles. The van der Waals surface area contributed by atoms with Gasteiger partial charge in [0.1, 0.15) is 5.82 Å². The maximum atomic E-state index is 14.3. The second kappa shape index (κ2) is 11.6. The van der Waals surface area contributed by atoms with E-state index in [1.54, 1.807) is 55.3 Å². The van der Waals surface area contributed by atoms with Crippen LogP contribution in [0.3, 0.4) is 0 Å². The molecule has 12 heteroatoms. The quantitative estimate of drug-likeness (QED) is 0.245. The molecule has 42 heavy (non-hydrogen) atoms. The first-order valence-corrected chi connectivity index (χ1v) is 13.8. The zero-order chi connectivity index (χ0) is 30.3. The normalized spacial score (nSPS) is 17.3. The Bertz CT molecular complexity index is 1680. The summed E-state index contributed by atoms with van der Waals surface area (Å²) in [5.41, 5.74) is 1.40. The predicted octanol–water partition coefficient (Wildman–Crippen LogP) is 6.68. The van der Waals surface area contributed by atoms with E-state index in [1.165, 1.54) is 16.8 Å². The predicted molar refractivity (Wildman–Crippen MR) is 153 cm³/mol. The lowest BCUT2D eigenvalue weighted by atomic mass is 9.93. The lowest BCUT2D eigenvalue weighted by Crippen LogP contribution is -2.38. The van der Waals surface area contributed by atoms with Crippen molar-refractivity contribution in [3.63, 3.8) is 0 Å². The van der Waals surface area contributed by atoms with Gasteiger partial charge in [-0.1, -0.05) is 35.3 Å². The Hall–Kier alpha value is -3.60. The summed E-state index contributed by atoms with van der Waals surface area (Å²) in [6.45, 7) is 2.57. The van der Waals surface area contributed by atoms with Gasteiger partial charge in [0, 0.05) is 48.9 Å². The number of likely N-dealkylation sites (N-methyl/N-ethyl adjacent to an activating group) is 1. The van der Waals surface area contributed by atoms with Gasteiger partial charge in [0.15, 0.2) is 0 Å². The molecule has 1 aliphatic heterocycles. The van der Waals surface area contributed by atoms with Gasteiger partial charge in [0.2, 0.25) is 0 Å². The van der Waals surface area contributed by atoms with E-state index in [1.807, 2.05) is 11.0 Å². The molecule has 5 rings (SSSR count). The van der Waals surface area contributed by atoms with Crippen molar-refractivity contribution in [2.75, 3.05) is 20.1 Å². The van der Waals surface area contributed by atoms with Gasteiger partial charge in [-0.3, -0.25) is 19.6 Å². The SMILES string of the molecule is Cc1cc(=O)n(-c2ccc(C(=O)N3C[C@H](c4ccc(Cl)c(Cl)c4)[C@@H](N(C)Cc4ccc(C(F)(F)F)c(F)c4)C3)cc2)[nH]1. The third-order valence-corrected chi connectivity index (χ3v) is 8.25. The number of hydrogen-bond donors (Lipinski definition) is 1. The maximum absolute atomic E-state index is 14.3. The van der Waals surface area contributed by atoms with Crippen LogP contribution in [-0.2, 0) is 12.7 Å². The average Bonchev–Trinajstić information content (AvgIpc) is 3.52. The molecule has 6 nitrogen and oxygen atoms in total. The summed E-state index contributed by atoms with van der Waals surface area (Å²) in [5, 5.41) is 3.69. The minimum atomic E-state index is -4.78. The summed E-state index contributed by atoms with van der Waals surface area (Å²) in [5.74, 6) is -1.77. The molecule has 2 atom stereocenters. The van der Waals surface area contributed by atoms with E-state index in [2.05, 4.69) is 5.10 Å². The number of rotatable bonds is 6. The number of aryl methyl sites for hydroxylation is 1. The van der Waals surface area contributed by atoms with Crippen molar-refractivity contribution in [1.29, 1.82) is 0 Å². The molecule has 1 N–H and O–H groups in total. The molecule has 0 bridgehead atoms. The molecule has 0 aliphatic carbocycles. The summed E-state index contributed by atoms with van der Waals surface area (Å²) in [6, 6.07) is 16.0. The molecule has 0 saturated carbocycles. The van der Waals surface area contributed by atoms with Crippen molar-refractivity contribution < 1.29 is 22.4 Å². The molecule has 1 aromatic heterocycles. The van der Waals surface area contributed by atoms with Gasteiger partial charge in [-0.15, -0.1) is 0 Å². The third-order valence-electron chi connectivity index (χ3n) is 7.51. The van der Waals surface area contributed by atoms with Crippen molar-refractivity contribution in [2.45, 2.75) is 31.6 Å². The zero-order valence-corrected chi connectivity index (χ0v) is 24.1. The van der Waals surface area contributed by atoms with Crippen LogP contribution < -0.4 is 5.56 Å². The summed E-state index contributed by atoms with van der Waals surface area (Å²) >= 11 is 12.4. The minimum absolute atomic E-state index is 0.151. The molecule has 3 aromatic carbocycles. The van der Waals surface area contributed by atoms with Gasteiger partial charge in [-0.05, 0) is 73.6 Å². The number of likely N-dealkylation sites (tertiary alicyclic amines) is 1. The van der Waals surface area contributed by atoms with Crippen LogP contribution in [0.25, 0.3) is 5.69 Å². The highest BCUT2D eigenvalue weighted by molar-refractivity contribution is 6.42. The Kier molecular flexibility index (Phi) is 8.24. The lowest BCUT2D eigenvalue weighted by molar-refractivity contribution is -0.140. The van der Waals surface area contributed by atoms with Crippen molar-refractivity contribution in [1.82, 2.24) is 19.6 Å². The van der Waals surface area contributed by atoms with Crippen molar-refractivity contribution in [2.24, 2.45) is 0 Å². The van der Waals surface area contributed by atoms with E-state index < -0.39 is 17.6 Å². The molecule has 220 valence electrons. The number of aromatic nitrogens is 2. The number of nitrogens with zero attached hydrogens (tertiary/aromatic N) is 3. The van der Waals surface area contributed by atoms with Gasteiger partial charge in [0.05, 0.1) is 21.3 Å². The highest BCUT2D eigenvalue weighted by Gasteiger charge is 2.39. The number of carbonyl (C=O) groups excluding carboxylic acids is 1. The molecule has 4 aromatic rings. The second-order valence-electron chi connectivity index (χ2n) is 10.4. The highest BCUT2D eigenvalue weighted by atomic mass is 35.5. The first-order valence-electron chi connectivity index (χ1n) is 13.0. The van der Waals surface area contributed by atoms with Crippen LogP contribution in [0.1, 0.15) is 38.7 Å². The maximum Gasteiger partial charge on any atom is 0.419 e. The number of carbonyl (C=O) groups is 1. The lowest BCUT2D eigenvalue weighted by Gasteiger charge is -2.29. The van der Waals surface area contributed by atoms with E-state index in [9.17, 15) is 27.2 Å². The smallest absolute Gasteiger partial charge is 0.336 e. The Morgan fingerprint density at radius 3 is 2.31 bits per heavy atom. The highest BCUT2D eigenvalue weighted by Crippen LogP contribution is 2.36. The molecule has 1 amide bonds. The first-order chi connectivity index (χ1) is 19.8. The van der Waals surface area contributed by atoms with Crippen LogP contribution in [0.15, 0.2) is 71.5 Å². The fraction of sp³-hybridized carbons (Fsp3) is 0.267. The van der Waals surface area contributed by atoms with E-state index in [4.69, 9.17) is 23.2 Å². The van der Waals surface area contributed by atoms with Crippen LogP contribution >= 0.6 is 23.2 Å². The standard InChI is InChI=1S/C30H26Cl2F4N4O2/c1-17-11-28(41)40(37-17)21-7-4-19(5-8-21)29(42)39-15-22(20-6-10-24(31)25(32)13-20)27(16-39)38(2)14-18-3-9-23(26(33)12-18)30(34,35)36/h3-13,22,27,37H,14-16H2,1-2H3/t22-,27+/m1/s1. The number of amides is 1. The van der Waals surface area contributed by atoms with Gasteiger partial charge in [-0.25, -0.2) is 9.07 Å². The van der Waals surface area contributed by atoms with Gasteiger partial charge < -0.3 is 4.90 Å². The van der Waals surface area contributed by atoms with Crippen LogP contribution in [0.4, 0.5) is 17.6 Å². The van der Waals surface area contributed by atoms with Gasteiger partial charge in [0.25, 0.3) is 11.5 Å². The summed E-state index contributed by atoms with van der Waals surface area (Å²) < 4.78 is 54.8. The fourth-order valence-corrected chi connectivity index (χ4v) is 5.71. The Labute approximate surface area is 249 Å². The number of H-pyrrole nitrogens is 1. The molecule has 1 aliphatic rings. The summed E-state index contributed by atoms with van der Waals surface area (Å²) in [7, 11) is 1.78. The summed E-state index contributed by atoms with van der Waals surface area (Å²) in [4.78, 5) is 29.3. The molecule has 0 radical (unpaired) electrons. The first kappa shape index (κ1) is 29.9. The summed E-state index contributed by atoms with van der Waals surface area (Å²) in [6.07, 6.45) is -4.78. The van der Waals surface area contributed by atoms with Crippen molar-refractivity contribution in [3.05, 3.63) is 121 Å². The number of halogens is 6. The van der Waals surface area contributed by atoms with Crippen molar-refractivity contribution in [3.8, 4) is 5.69 Å². The van der Waals surface area contributed by atoms with Crippen LogP contribution in [0.2, 0.25) is 10.0 Å². The molecule has 0 unspecified atom stereocenters. The van der Waals surface area contributed by atoms with Crippen LogP contribution in [0.5, 0.6) is 0 Å². The van der Waals surface area contributed by atoms with Gasteiger partial charge >= 0.3 is 6.18 Å². The molecule has 0 spiro atoms. The number of hydrogen-bond acceptors (Lipinski definition) is 3. The number of nitrogens with one attached hydrogen (secondary N) is 1. The third kappa shape index (κ3) is 6.11. The van der Waals surface area contributed by atoms with Gasteiger partial charge in [-0.2, -0.15) is 13.2 Å². The number of alkyl halides is 3. The molecular formula is C30H26Cl2F4N4O2. The molecular weight excluding hydrogens is 595 g/mol. The molecule has 1 fully saturated rings. The number of benzene rings is 3. The largest absolute Gasteiger partial charge is 0.419 e. The minimum Gasteiger partial charge on any atom is -0.336 e. The number of aromatic amines is 1. The van der Waals surface area contributed by atoms with E-state index in [-0.39, 0.29) is 30.0 Å². The van der Waals surface area contributed by atoms with E-state index >= 15 is 0 Å². The van der Waals surface area contributed by atoms with E-state index in [0.29, 0.717) is 45.6 Å². The topological polar surface area (TPSA) is 61.3 Å². The van der Waals surface area contributed by atoms with Crippen LogP contribution in [-0.4, -0.2) is 51.7 Å². The van der Waals surface area contributed by atoms with E-state index in [0.717, 1.165) is 17.7 Å². The monoisotopic (exact) mass is 620 g/mol. The Morgan fingerprint density at radius 1 is 1.00 bits per heavy atom. The fourth-order valence-electron chi connectivity index (χ4n) is 5.40. The molecule has 1 saturated heterocycles. The zero-order valence-electron chi connectivity index (χ0n) is 22.6. The van der Waals surface area contributed by atoms with Crippen molar-refractivity contribution >= 4 is 29.1 Å². The Balaban J connectivity index is 1.40. The van der Waals surface area contributed by atoms with Crippen LogP contribution in [0, 0.1) is 12.7 Å². The second-order valence-corrected chi connectivity index (χ2v) is 11.3. The average molecular weight is 621 g/mol.